The summed E-state index contributed by atoms with van der Waals surface area (Å²) < 4.78 is 27.7. The lowest BCUT2D eigenvalue weighted by Crippen LogP contribution is -2.48. The van der Waals surface area contributed by atoms with E-state index in [9.17, 15) is 18.5 Å². The van der Waals surface area contributed by atoms with Crippen LogP contribution in [0.25, 0.3) is 0 Å². The normalized spacial score (nSPS) is 16.0. The van der Waals surface area contributed by atoms with Crippen molar-refractivity contribution in [1.82, 2.24) is 4.31 Å². The summed E-state index contributed by atoms with van der Waals surface area (Å²) in [6.07, 6.45) is 0. The molecule has 0 N–H and O–H groups in total. The number of anilines is 1. The van der Waals surface area contributed by atoms with Crippen LogP contribution >= 0.6 is 15.9 Å². The van der Waals surface area contributed by atoms with Gasteiger partial charge in [0.05, 0.1) is 9.82 Å². The van der Waals surface area contributed by atoms with Crippen molar-refractivity contribution in [2.45, 2.75) is 4.90 Å². The van der Waals surface area contributed by atoms with Gasteiger partial charge in [-0.3, -0.25) is 10.1 Å². The summed E-state index contributed by atoms with van der Waals surface area (Å²) in [5.41, 5.74) is 0.895. The molecule has 0 amide bonds. The number of hydrogen-bond acceptors (Lipinski definition) is 5. The van der Waals surface area contributed by atoms with E-state index in [2.05, 4.69) is 15.9 Å². The Bertz CT molecular complexity index is 861. The van der Waals surface area contributed by atoms with Gasteiger partial charge in [-0.25, -0.2) is 8.42 Å². The van der Waals surface area contributed by atoms with Crippen molar-refractivity contribution in [2.75, 3.05) is 31.1 Å². The summed E-state index contributed by atoms with van der Waals surface area (Å²) in [6.45, 7) is 1.81. The van der Waals surface area contributed by atoms with Gasteiger partial charge in [0.25, 0.3) is 5.69 Å². The standard InChI is InChI=1S/C16H16BrN3O4S/c17-13-1-7-16(8-2-13)25(23,24)19-11-9-18(10-12-19)14-3-5-15(6-4-14)20(21)22/h1-8H,9-12H2. The Labute approximate surface area is 154 Å². The van der Waals surface area contributed by atoms with Gasteiger partial charge in [-0.05, 0) is 36.4 Å². The Morgan fingerprint density at radius 3 is 2.00 bits per heavy atom. The van der Waals surface area contributed by atoms with E-state index in [0.29, 0.717) is 26.2 Å². The van der Waals surface area contributed by atoms with Crippen LogP contribution in [-0.4, -0.2) is 43.8 Å². The van der Waals surface area contributed by atoms with E-state index in [4.69, 9.17) is 0 Å². The number of hydrogen-bond donors (Lipinski definition) is 0. The van der Waals surface area contributed by atoms with Crippen LogP contribution in [0.15, 0.2) is 57.9 Å². The van der Waals surface area contributed by atoms with Crippen molar-refractivity contribution < 1.29 is 13.3 Å². The first-order valence-electron chi connectivity index (χ1n) is 7.63. The monoisotopic (exact) mass is 425 g/mol. The molecule has 7 nitrogen and oxygen atoms in total. The van der Waals surface area contributed by atoms with Gasteiger partial charge in [-0.2, -0.15) is 4.31 Å². The SMILES string of the molecule is O=[N+]([O-])c1ccc(N2CCN(S(=O)(=O)c3ccc(Br)cc3)CC2)cc1. The molecule has 0 atom stereocenters. The minimum Gasteiger partial charge on any atom is -0.369 e. The van der Waals surface area contributed by atoms with Crippen molar-refractivity contribution in [3.05, 3.63) is 63.1 Å². The number of sulfonamides is 1. The molecule has 9 heteroatoms. The Morgan fingerprint density at radius 1 is 0.920 bits per heavy atom. The fourth-order valence-electron chi connectivity index (χ4n) is 2.73. The zero-order valence-corrected chi connectivity index (χ0v) is 15.6. The van der Waals surface area contributed by atoms with Crippen LogP contribution in [0.3, 0.4) is 0 Å². The predicted molar refractivity (Wildman–Crippen MR) is 98.2 cm³/mol. The lowest BCUT2D eigenvalue weighted by Gasteiger charge is -2.35. The van der Waals surface area contributed by atoms with Crippen molar-refractivity contribution in [3.63, 3.8) is 0 Å². The zero-order chi connectivity index (χ0) is 18.0. The molecule has 0 radical (unpaired) electrons. The summed E-state index contributed by atoms with van der Waals surface area (Å²) in [5, 5.41) is 10.7. The molecular formula is C16H16BrN3O4S. The molecule has 1 heterocycles. The number of nitrogens with zero attached hydrogens (tertiary/aromatic N) is 3. The van der Waals surface area contributed by atoms with Gasteiger partial charge >= 0.3 is 0 Å². The van der Waals surface area contributed by atoms with Crippen molar-refractivity contribution in [1.29, 1.82) is 0 Å². The number of piperazine rings is 1. The molecule has 0 aliphatic carbocycles. The third-order valence-electron chi connectivity index (χ3n) is 4.12. The first-order chi connectivity index (χ1) is 11.9. The number of nitro benzene ring substituents is 1. The second-order valence-electron chi connectivity index (χ2n) is 5.62. The third-order valence-corrected chi connectivity index (χ3v) is 6.56. The largest absolute Gasteiger partial charge is 0.369 e. The summed E-state index contributed by atoms with van der Waals surface area (Å²) in [5.74, 6) is 0. The van der Waals surface area contributed by atoms with Gasteiger partial charge in [-0.1, -0.05) is 15.9 Å². The molecule has 2 aromatic carbocycles. The van der Waals surface area contributed by atoms with E-state index in [0.717, 1.165) is 10.2 Å². The molecule has 0 spiro atoms. The number of halogens is 1. The van der Waals surface area contributed by atoms with Crippen LogP contribution in [0.1, 0.15) is 0 Å². The minimum absolute atomic E-state index is 0.0419. The second-order valence-corrected chi connectivity index (χ2v) is 8.47. The van der Waals surface area contributed by atoms with E-state index < -0.39 is 14.9 Å². The summed E-state index contributed by atoms with van der Waals surface area (Å²) >= 11 is 3.30. The lowest BCUT2D eigenvalue weighted by molar-refractivity contribution is -0.384. The molecule has 3 rings (SSSR count). The quantitative estimate of drug-likeness (QED) is 0.555. The van der Waals surface area contributed by atoms with E-state index >= 15 is 0 Å². The highest BCUT2D eigenvalue weighted by Gasteiger charge is 2.28. The van der Waals surface area contributed by atoms with Gasteiger partial charge < -0.3 is 4.90 Å². The Balaban J connectivity index is 1.69. The fourth-order valence-corrected chi connectivity index (χ4v) is 4.41. The number of rotatable bonds is 4. The summed E-state index contributed by atoms with van der Waals surface area (Å²) in [7, 11) is -3.51. The van der Waals surface area contributed by atoms with Crippen LogP contribution in [0, 0.1) is 10.1 Å². The fraction of sp³-hybridized carbons (Fsp3) is 0.250. The Morgan fingerprint density at radius 2 is 1.48 bits per heavy atom. The predicted octanol–water partition coefficient (Wildman–Crippen LogP) is 2.87. The van der Waals surface area contributed by atoms with Crippen LogP contribution in [0.5, 0.6) is 0 Å². The third kappa shape index (κ3) is 3.83. The topological polar surface area (TPSA) is 83.8 Å². The molecule has 25 heavy (non-hydrogen) atoms. The molecule has 2 aromatic rings. The average molecular weight is 426 g/mol. The second kappa shape index (κ2) is 7.11. The van der Waals surface area contributed by atoms with Crippen LogP contribution in [0.2, 0.25) is 0 Å². The molecule has 1 fully saturated rings. The molecule has 0 bridgehead atoms. The van der Waals surface area contributed by atoms with Gasteiger partial charge in [0, 0.05) is 48.5 Å². The lowest BCUT2D eigenvalue weighted by atomic mass is 10.2. The van der Waals surface area contributed by atoms with E-state index in [1.54, 1.807) is 36.4 Å². The maximum absolute atomic E-state index is 12.7. The Hall–Kier alpha value is -1.97. The van der Waals surface area contributed by atoms with E-state index in [-0.39, 0.29) is 10.6 Å². The van der Waals surface area contributed by atoms with Crippen LogP contribution < -0.4 is 4.90 Å². The molecular weight excluding hydrogens is 410 g/mol. The molecule has 0 saturated carbocycles. The zero-order valence-electron chi connectivity index (χ0n) is 13.2. The smallest absolute Gasteiger partial charge is 0.269 e. The van der Waals surface area contributed by atoms with Gasteiger partial charge in [0.15, 0.2) is 0 Å². The highest BCUT2D eigenvalue weighted by atomic mass is 79.9. The minimum atomic E-state index is -3.51. The first kappa shape index (κ1) is 17.8. The van der Waals surface area contributed by atoms with Gasteiger partial charge in [0.1, 0.15) is 0 Å². The van der Waals surface area contributed by atoms with Crippen molar-refractivity contribution in [2.24, 2.45) is 0 Å². The number of non-ortho nitro benzene ring substituents is 1. The molecule has 132 valence electrons. The van der Waals surface area contributed by atoms with Gasteiger partial charge in [-0.15, -0.1) is 0 Å². The van der Waals surface area contributed by atoms with Crippen molar-refractivity contribution in [3.8, 4) is 0 Å². The maximum Gasteiger partial charge on any atom is 0.269 e. The molecule has 1 aliphatic rings. The van der Waals surface area contributed by atoms with Crippen LogP contribution in [-0.2, 0) is 10.0 Å². The molecule has 1 aliphatic heterocycles. The van der Waals surface area contributed by atoms with E-state index in [1.165, 1.54) is 16.4 Å². The maximum atomic E-state index is 12.7. The van der Waals surface area contributed by atoms with Crippen molar-refractivity contribution >= 4 is 37.3 Å². The number of nitro groups is 1. The highest BCUT2D eigenvalue weighted by Crippen LogP contribution is 2.24. The number of benzene rings is 2. The average Bonchev–Trinajstić information content (AvgIpc) is 2.62. The highest BCUT2D eigenvalue weighted by molar-refractivity contribution is 9.10. The Kier molecular flexibility index (Phi) is 5.07. The molecule has 0 aromatic heterocycles. The summed E-state index contributed by atoms with van der Waals surface area (Å²) in [6, 6.07) is 12.9. The summed E-state index contributed by atoms with van der Waals surface area (Å²) in [4.78, 5) is 12.6. The molecule has 0 unspecified atom stereocenters. The van der Waals surface area contributed by atoms with Gasteiger partial charge in [0.2, 0.25) is 10.0 Å². The first-order valence-corrected chi connectivity index (χ1v) is 9.86. The molecule has 1 saturated heterocycles. The van der Waals surface area contributed by atoms with E-state index in [1.807, 2.05) is 4.90 Å². The van der Waals surface area contributed by atoms with Crippen LogP contribution in [0.4, 0.5) is 11.4 Å².